The van der Waals surface area contributed by atoms with Gasteiger partial charge in [-0.2, -0.15) is 0 Å². The SMILES string of the molecule is CC(C)C(NC(=O)c1cccs1)C(=O)N1CC2CCC(N)C2C1. The summed E-state index contributed by atoms with van der Waals surface area (Å²) in [7, 11) is 0. The summed E-state index contributed by atoms with van der Waals surface area (Å²) in [6.07, 6.45) is 2.18. The molecule has 0 aromatic carbocycles. The molecule has 1 saturated carbocycles. The maximum Gasteiger partial charge on any atom is 0.262 e. The van der Waals surface area contributed by atoms with Crippen LogP contribution in [0.4, 0.5) is 0 Å². The Hall–Kier alpha value is -1.40. The van der Waals surface area contributed by atoms with Crippen molar-refractivity contribution in [1.29, 1.82) is 0 Å². The van der Waals surface area contributed by atoms with E-state index in [-0.39, 0.29) is 23.8 Å². The van der Waals surface area contributed by atoms with Gasteiger partial charge in [-0.15, -0.1) is 11.3 Å². The molecule has 2 amide bonds. The minimum atomic E-state index is -0.473. The van der Waals surface area contributed by atoms with Gasteiger partial charge in [0, 0.05) is 19.1 Å². The molecule has 1 aromatic rings. The van der Waals surface area contributed by atoms with Crippen LogP contribution in [0.5, 0.6) is 0 Å². The topological polar surface area (TPSA) is 75.4 Å². The number of carbonyl (C=O) groups is 2. The van der Waals surface area contributed by atoms with E-state index in [9.17, 15) is 9.59 Å². The van der Waals surface area contributed by atoms with Gasteiger partial charge in [0.05, 0.1) is 4.88 Å². The standard InChI is InChI=1S/C17H25N3O2S/c1-10(2)15(19-16(21)14-4-3-7-23-14)17(22)20-8-11-5-6-13(18)12(11)9-20/h3-4,7,10-13,15H,5-6,8-9,18H2,1-2H3,(H,19,21). The Morgan fingerprint density at radius 2 is 2.13 bits per heavy atom. The molecule has 1 saturated heterocycles. The normalized spacial score (nSPS) is 28.0. The van der Waals surface area contributed by atoms with Crippen LogP contribution in [0.1, 0.15) is 36.4 Å². The molecule has 0 spiro atoms. The molecule has 126 valence electrons. The van der Waals surface area contributed by atoms with Crippen LogP contribution in [0, 0.1) is 17.8 Å². The Balaban J connectivity index is 1.67. The smallest absolute Gasteiger partial charge is 0.262 e. The van der Waals surface area contributed by atoms with Gasteiger partial charge in [-0.1, -0.05) is 19.9 Å². The highest BCUT2D eigenvalue weighted by Crippen LogP contribution is 2.37. The summed E-state index contributed by atoms with van der Waals surface area (Å²) in [5.41, 5.74) is 6.16. The number of likely N-dealkylation sites (tertiary alicyclic amines) is 1. The molecular formula is C17H25N3O2S. The van der Waals surface area contributed by atoms with E-state index in [0.29, 0.717) is 16.7 Å². The number of hydrogen-bond acceptors (Lipinski definition) is 4. The van der Waals surface area contributed by atoms with E-state index in [1.807, 2.05) is 30.2 Å². The van der Waals surface area contributed by atoms with E-state index in [1.165, 1.54) is 11.3 Å². The lowest BCUT2D eigenvalue weighted by molar-refractivity contribution is -0.133. The van der Waals surface area contributed by atoms with E-state index < -0.39 is 6.04 Å². The molecule has 0 radical (unpaired) electrons. The highest BCUT2D eigenvalue weighted by Gasteiger charge is 2.44. The van der Waals surface area contributed by atoms with Gasteiger partial charge in [0.15, 0.2) is 0 Å². The first kappa shape index (κ1) is 16.5. The number of rotatable bonds is 4. The Labute approximate surface area is 141 Å². The van der Waals surface area contributed by atoms with E-state index in [0.717, 1.165) is 25.9 Å². The minimum absolute atomic E-state index is 0.0338. The van der Waals surface area contributed by atoms with Gasteiger partial charge < -0.3 is 16.0 Å². The fourth-order valence-corrected chi connectivity index (χ4v) is 4.44. The van der Waals surface area contributed by atoms with Gasteiger partial charge in [-0.05, 0) is 42.0 Å². The zero-order chi connectivity index (χ0) is 16.6. The quantitative estimate of drug-likeness (QED) is 0.879. The van der Waals surface area contributed by atoms with Crippen LogP contribution in [0.2, 0.25) is 0 Å². The molecule has 2 fully saturated rings. The van der Waals surface area contributed by atoms with Crippen LogP contribution in [-0.2, 0) is 4.79 Å². The minimum Gasteiger partial charge on any atom is -0.340 e. The number of nitrogens with zero attached hydrogens (tertiary/aromatic N) is 1. The lowest BCUT2D eigenvalue weighted by Crippen LogP contribution is -2.51. The summed E-state index contributed by atoms with van der Waals surface area (Å²) >= 11 is 1.39. The Morgan fingerprint density at radius 1 is 1.35 bits per heavy atom. The number of fused-ring (bicyclic) bond motifs is 1. The summed E-state index contributed by atoms with van der Waals surface area (Å²) < 4.78 is 0. The van der Waals surface area contributed by atoms with Crippen molar-refractivity contribution >= 4 is 23.2 Å². The monoisotopic (exact) mass is 335 g/mol. The van der Waals surface area contributed by atoms with Crippen LogP contribution in [0.25, 0.3) is 0 Å². The van der Waals surface area contributed by atoms with Crippen molar-refractivity contribution in [3.05, 3.63) is 22.4 Å². The Morgan fingerprint density at radius 3 is 2.74 bits per heavy atom. The Kier molecular flexibility index (Phi) is 4.73. The maximum absolute atomic E-state index is 12.9. The van der Waals surface area contributed by atoms with Gasteiger partial charge in [0.2, 0.25) is 5.91 Å². The van der Waals surface area contributed by atoms with Gasteiger partial charge in [-0.25, -0.2) is 0 Å². The van der Waals surface area contributed by atoms with Crippen LogP contribution in [0.15, 0.2) is 17.5 Å². The molecular weight excluding hydrogens is 310 g/mol. The van der Waals surface area contributed by atoms with Crippen molar-refractivity contribution in [3.8, 4) is 0 Å². The van der Waals surface area contributed by atoms with Gasteiger partial charge in [0.25, 0.3) is 5.91 Å². The van der Waals surface area contributed by atoms with E-state index in [1.54, 1.807) is 6.07 Å². The van der Waals surface area contributed by atoms with Gasteiger partial charge >= 0.3 is 0 Å². The second-order valence-electron chi connectivity index (χ2n) is 7.08. The van der Waals surface area contributed by atoms with Crippen LogP contribution >= 0.6 is 11.3 Å². The fourth-order valence-electron chi connectivity index (χ4n) is 3.82. The zero-order valence-electron chi connectivity index (χ0n) is 13.7. The summed E-state index contributed by atoms with van der Waals surface area (Å²) in [6, 6.07) is 3.37. The van der Waals surface area contributed by atoms with Crippen molar-refractivity contribution < 1.29 is 9.59 Å². The first-order valence-corrected chi connectivity index (χ1v) is 9.24. The second-order valence-corrected chi connectivity index (χ2v) is 8.03. The number of amides is 2. The largest absolute Gasteiger partial charge is 0.340 e. The predicted molar refractivity (Wildman–Crippen MR) is 91.2 cm³/mol. The molecule has 1 aliphatic carbocycles. The third kappa shape index (κ3) is 3.28. The predicted octanol–water partition coefficient (Wildman–Crippen LogP) is 1.70. The lowest BCUT2D eigenvalue weighted by atomic mass is 9.98. The van der Waals surface area contributed by atoms with Crippen molar-refractivity contribution in [2.45, 2.75) is 38.8 Å². The molecule has 3 N–H and O–H groups in total. The second kappa shape index (κ2) is 6.61. The summed E-state index contributed by atoms with van der Waals surface area (Å²) in [5.74, 6) is 0.893. The number of nitrogens with one attached hydrogen (secondary N) is 1. The molecule has 2 heterocycles. The summed E-state index contributed by atoms with van der Waals surface area (Å²) in [4.78, 5) is 27.8. The average Bonchev–Trinajstić information content (AvgIpc) is 3.22. The van der Waals surface area contributed by atoms with E-state index >= 15 is 0 Å². The van der Waals surface area contributed by atoms with Crippen molar-refractivity contribution in [2.75, 3.05) is 13.1 Å². The molecule has 0 bridgehead atoms. The number of hydrogen-bond donors (Lipinski definition) is 2. The fraction of sp³-hybridized carbons (Fsp3) is 0.647. The van der Waals surface area contributed by atoms with Gasteiger partial charge in [-0.3, -0.25) is 9.59 Å². The molecule has 4 unspecified atom stereocenters. The first-order chi connectivity index (χ1) is 11.0. The van der Waals surface area contributed by atoms with Gasteiger partial charge in [0.1, 0.15) is 6.04 Å². The maximum atomic E-state index is 12.9. The molecule has 1 aromatic heterocycles. The Bertz CT molecular complexity index is 572. The molecule has 2 aliphatic rings. The van der Waals surface area contributed by atoms with Crippen LogP contribution < -0.4 is 11.1 Å². The molecule has 4 atom stereocenters. The molecule has 1 aliphatic heterocycles. The number of thiophene rings is 1. The number of carbonyl (C=O) groups excluding carboxylic acids is 2. The average molecular weight is 335 g/mol. The lowest BCUT2D eigenvalue weighted by Gasteiger charge is -2.27. The van der Waals surface area contributed by atoms with E-state index in [2.05, 4.69) is 5.32 Å². The zero-order valence-corrected chi connectivity index (χ0v) is 14.5. The van der Waals surface area contributed by atoms with Crippen LogP contribution in [0.3, 0.4) is 0 Å². The molecule has 6 heteroatoms. The molecule has 3 rings (SSSR count). The third-order valence-corrected chi connectivity index (χ3v) is 6.06. The highest BCUT2D eigenvalue weighted by atomic mass is 32.1. The van der Waals surface area contributed by atoms with Crippen molar-refractivity contribution in [1.82, 2.24) is 10.2 Å². The third-order valence-electron chi connectivity index (χ3n) is 5.19. The van der Waals surface area contributed by atoms with Crippen molar-refractivity contribution in [3.63, 3.8) is 0 Å². The summed E-state index contributed by atoms with van der Waals surface area (Å²) in [6.45, 7) is 5.47. The van der Waals surface area contributed by atoms with Crippen molar-refractivity contribution in [2.24, 2.45) is 23.5 Å². The van der Waals surface area contributed by atoms with E-state index in [4.69, 9.17) is 5.73 Å². The first-order valence-electron chi connectivity index (χ1n) is 8.36. The highest BCUT2D eigenvalue weighted by molar-refractivity contribution is 7.12. The molecule has 23 heavy (non-hydrogen) atoms. The molecule has 5 nitrogen and oxygen atoms in total. The van der Waals surface area contributed by atoms with Crippen LogP contribution in [-0.4, -0.2) is 41.9 Å². The number of nitrogens with two attached hydrogens (primary N) is 1. The summed E-state index contributed by atoms with van der Waals surface area (Å²) in [5, 5.41) is 4.79.